The Labute approximate surface area is 75.8 Å². The normalized spacial score (nSPS) is 20.5. The van der Waals surface area contributed by atoms with Crippen LogP contribution in [0.2, 0.25) is 0 Å². The van der Waals surface area contributed by atoms with Gasteiger partial charge in [0.05, 0.1) is 0 Å². The summed E-state index contributed by atoms with van der Waals surface area (Å²) in [5.74, 6) is 0. The Morgan fingerprint density at radius 3 is 2.92 bits per heavy atom. The minimum absolute atomic E-state index is 0.0984. The highest BCUT2D eigenvalue weighted by Gasteiger charge is 2.31. The van der Waals surface area contributed by atoms with Crippen molar-refractivity contribution in [1.82, 2.24) is 4.37 Å². The number of hydrogen-bond donors (Lipinski definition) is 1. The van der Waals surface area contributed by atoms with E-state index in [9.17, 15) is 4.79 Å². The maximum absolute atomic E-state index is 11.4. The lowest BCUT2D eigenvalue weighted by Crippen LogP contribution is -2.28. The molecule has 0 saturated heterocycles. The third-order valence-corrected chi connectivity index (χ3v) is 3.60. The van der Waals surface area contributed by atoms with Crippen LogP contribution in [-0.2, 0) is 11.8 Å². The zero-order valence-electron chi connectivity index (χ0n) is 7.44. The van der Waals surface area contributed by atoms with Crippen molar-refractivity contribution in [1.29, 1.82) is 0 Å². The van der Waals surface area contributed by atoms with Crippen LogP contribution in [0.15, 0.2) is 4.79 Å². The second-order valence-corrected chi connectivity index (χ2v) is 4.97. The lowest BCUT2D eigenvalue weighted by atomic mass is 9.76. The molecule has 0 saturated carbocycles. The van der Waals surface area contributed by atoms with Gasteiger partial charge in [-0.15, -0.1) is 0 Å². The van der Waals surface area contributed by atoms with Crippen LogP contribution in [0, 0.1) is 0 Å². The summed E-state index contributed by atoms with van der Waals surface area (Å²) in [7, 11) is 0. The Bertz CT molecular complexity index is 348. The molecule has 66 valence electrons. The average Bonchev–Trinajstić information content (AvgIpc) is 2.32. The summed E-state index contributed by atoms with van der Waals surface area (Å²) in [5.41, 5.74) is 1.28. The smallest absolute Gasteiger partial charge is 0.262 e. The van der Waals surface area contributed by atoms with Crippen LogP contribution < -0.4 is 5.56 Å². The van der Waals surface area contributed by atoms with E-state index in [1.165, 1.54) is 22.8 Å². The SMILES string of the molecule is CC1(C)CCCc2s[nH]c(=O)c21. The van der Waals surface area contributed by atoms with Gasteiger partial charge in [0.15, 0.2) is 0 Å². The molecule has 1 aliphatic rings. The minimum Gasteiger partial charge on any atom is -0.277 e. The molecule has 2 rings (SSSR count). The van der Waals surface area contributed by atoms with E-state index in [1.54, 1.807) is 0 Å². The van der Waals surface area contributed by atoms with Gasteiger partial charge in [-0.05, 0) is 24.7 Å². The second kappa shape index (κ2) is 2.46. The van der Waals surface area contributed by atoms with Gasteiger partial charge in [-0.2, -0.15) is 0 Å². The lowest BCUT2D eigenvalue weighted by Gasteiger charge is -2.28. The third-order valence-electron chi connectivity index (χ3n) is 2.66. The van der Waals surface area contributed by atoms with Gasteiger partial charge in [-0.25, -0.2) is 0 Å². The number of nitrogens with one attached hydrogen (secondary N) is 1. The molecule has 0 unspecified atom stereocenters. The van der Waals surface area contributed by atoms with Crippen LogP contribution in [0.4, 0.5) is 0 Å². The Hall–Kier alpha value is -0.570. The molecule has 0 amide bonds. The summed E-state index contributed by atoms with van der Waals surface area (Å²) in [4.78, 5) is 12.7. The summed E-state index contributed by atoms with van der Waals surface area (Å²) in [6.45, 7) is 4.32. The van der Waals surface area contributed by atoms with E-state index in [0.29, 0.717) is 0 Å². The summed E-state index contributed by atoms with van der Waals surface area (Å²) >= 11 is 1.52. The maximum atomic E-state index is 11.4. The molecule has 0 radical (unpaired) electrons. The van der Waals surface area contributed by atoms with Crippen molar-refractivity contribution in [2.45, 2.75) is 38.5 Å². The minimum atomic E-state index is 0.0984. The molecule has 0 atom stereocenters. The highest BCUT2D eigenvalue weighted by atomic mass is 32.1. The predicted molar refractivity (Wildman–Crippen MR) is 50.9 cm³/mol. The monoisotopic (exact) mass is 183 g/mol. The summed E-state index contributed by atoms with van der Waals surface area (Å²) in [6, 6.07) is 0. The first kappa shape index (κ1) is 8.05. The first-order valence-corrected chi connectivity index (χ1v) is 5.14. The van der Waals surface area contributed by atoms with Crippen molar-refractivity contribution in [3.63, 3.8) is 0 Å². The fraction of sp³-hybridized carbons (Fsp3) is 0.667. The summed E-state index contributed by atoms with van der Waals surface area (Å²) in [6.07, 6.45) is 3.44. The van der Waals surface area contributed by atoms with Crippen LogP contribution in [0.5, 0.6) is 0 Å². The number of aryl methyl sites for hydroxylation is 1. The molecule has 0 fully saturated rings. The van der Waals surface area contributed by atoms with Gasteiger partial charge in [-0.3, -0.25) is 9.17 Å². The number of aromatic amines is 1. The van der Waals surface area contributed by atoms with Crippen molar-refractivity contribution >= 4 is 11.5 Å². The zero-order chi connectivity index (χ0) is 8.77. The van der Waals surface area contributed by atoms with E-state index in [4.69, 9.17) is 0 Å². The molecule has 0 bridgehead atoms. The number of aromatic nitrogens is 1. The van der Waals surface area contributed by atoms with Gasteiger partial charge in [-0.1, -0.05) is 25.4 Å². The standard InChI is InChI=1S/C9H13NOS/c1-9(2)5-3-4-6-7(9)8(11)10-12-6/h3-5H2,1-2H3,(H,10,11). The van der Waals surface area contributed by atoms with E-state index in [0.717, 1.165) is 18.4 Å². The Kier molecular flexibility index (Phi) is 1.65. The molecule has 3 heteroatoms. The Morgan fingerprint density at radius 2 is 2.25 bits per heavy atom. The number of hydrogen-bond acceptors (Lipinski definition) is 2. The zero-order valence-corrected chi connectivity index (χ0v) is 8.25. The van der Waals surface area contributed by atoms with Crippen LogP contribution in [0.25, 0.3) is 0 Å². The number of rotatable bonds is 0. The van der Waals surface area contributed by atoms with Gasteiger partial charge in [0.1, 0.15) is 0 Å². The molecule has 1 heterocycles. The maximum Gasteiger partial charge on any atom is 0.262 e. The topological polar surface area (TPSA) is 32.9 Å². The van der Waals surface area contributed by atoms with Gasteiger partial charge in [0, 0.05) is 10.4 Å². The van der Waals surface area contributed by atoms with Crippen LogP contribution in [-0.4, -0.2) is 4.37 Å². The van der Waals surface area contributed by atoms with Crippen molar-refractivity contribution in [2.24, 2.45) is 0 Å². The van der Waals surface area contributed by atoms with Gasteiger partial charge >= 0.3 is 0 Å². The van der Waals surface area contributed by atoms with E-state index in [2.05, 4.69) is 18.2 Å². The molecule has 0 aliphatic heterocycles. The first-order valence-electron chi connectivity index (χ1n) is 4.32. The summed E-state index contributed by atoms with van der Waals surface area (Å²) < 4.78 is 2.82. The van der Waals surface area contributed by atoms with Crippen molar-refractivity contribution in [3.8, 4) is 0 Å². The molecular formula is C9H13NOS. The van der Waals surface area contributed by atoms with E-state index in [1.807, 2.05) is 0 Å². The fourth-order valence-electron chi connectivity index (χ4n) is 2.01. The largest absolute Gasteiger partial charge is 0.277 e. The van der Waals surface area contributed by atoms with Crippen LogP contribution in [0.3, 0.4) is 0 Å². The van der Waals surface area contributed by atoms with E-state index < -0.39 is 0 Å². The predicted octanol–water partition coefficient (Wildman–Crippen LogP) is 2.05. The summed E-state index contributed by atoms with van der Waals surface area (Å²) in [5, 5.41) is 0. The molecular weight excluding hydrogens is 170 g/mol. The molecule has 12 heavy (non-hydrogen) atoms. The molecule has 1 aliphatic carbocycles. The molecule has 1 aromatic heterocycles. The highest BCUT2D eigenvalue weighted by molar-refractivity contribution is 7.05. The quantitative estimate of drug-likeness (QED) is 0.656. The fourth-order valence-corrected chi connectivity index (χ4v) is 3.05. The molecule has 1 aromatic rings. The molecule has 2 nitrogen and oxygen atoms in total. The lowest BCUT2D eigenvalue weighted by molar-refractivity contribution is 0.433. The van der Waals surface area contributed by atoms with Crippen LogP contribution in [0.1, 0.15) is 37.1 Å². The van der Waals surface area contributed by atoms with Gasteiger partial charge < -0.3 is 0 Å². The highest BCUT2D eigenvalue weighted by Crippen LogP contribution is 2.35. The Balaban J connectivity index is 2.63. The Morgan fingerprint density at radius 1 is 1.50 bits per heavy atom. The molecule has 0 spiro atoms. The second-order valence-electron chi connectivity index (χ2n) is 4.07. The number of H-pyrrole nitrogens is 1. The van der Waals surface area contributed by atoms with Crippen molar-refractivity contribution in [3.05, 3.63) is 20.8 Å². The number of fused-ring (bicyclic) bond motifs is 1. The molecule has 0 aromatic carbocycles. The average molecular weight is 183 g/mol. The van der Waals surface area contributed by atoms with E-state index >= 15 is 0 Å². The van der Waals surface area contributed by atoms with Crippen molar-refractivity contribution in [2.75, 3.05) is 0 Å². The van der Waals surface area contributed by atoms with Gasteiger partial charge in [0.25, 0.3) is 5.56 Å². The molecule has 1 N–H and O–H groups in total. The van der Waals surface area contributed by atoms with Crippen molar-refractivity contribution < 1.29 is 0 Å². The van der Waals surface area contributed by atoms with E-state index in [-0.39, 0.29) is 11.0 Å². The van der Waals surface area contributed by atoms with Gasteiger partial charge in [0.2, 0.25) is 0 Å². The third kappa shape index (κ3) is 1.04. The first-order chi connectivity index (χ1) is 5.61. The van der Waals surface area contributed by atoms with Crippen LogP contribution >= 0.6 is 11.5 Å².